The first kappa shape index (κ1) is 17.1. The van der Waals surface area contributed by atoms with Crippen molar-refractivity contribution >= 4 is 29.0 Å². The second kappa shape index (κ2) is 9.03. The molecule has 1 N–H and O–H groups in total. The highest BCUT2D eigenvalue weighted by molar-refractivity contribution is 7.99. The normalized spacial score (nSPS) is 14.4. The zero-order chi connectivity index (χ0) is 15.8. The quantitative estimate of drug-likeness (QED) is 0.724. The van der Waals surface area contributed by atoms with E-state index in [9.17, 15) is 9.18 Å². The molecule has 0 radical (unpaired) electrons. The maximum Gasteiger partial charge on any atom is 0.225 e. The van der Waals surface area contributed by atoms with Gasteiger partial charge >= 0.3 is 0 Å². The number of hydrogen-bond acceptors (Lipinski definition) is 3. The van der Waals surface area contributed by atoms with Crippen LogP contribution >= 0.6 is 11.8 Å². The van der Waals surface area contributed by atoms with Crippen molar-refractivity contribution in [2.45, 2.75) is 39.0 Å². The second-order valence-electron chi connectivity index (χ2n) is 5.66. The fraction of sp³-hybridized carbons (Fsp3) is 0.588. The molecule has 2 rings (SSSR count). The van der Waals surface area contributed by atoms with Crippen LogP contribution in [-0.2, 0) is 4.79 Å². The molecule has 1 fully saturated rings. The fourth-order valence-electron chi connectivity index (χ4n) is 2.54. The van der Waals surface area contributed by atoms with Gasteiger partial charge in [0.15, 0.2) is 0 Å². The summed E-state index contributed by atoms with van der Waals surface area (Å²) < 4.78 is 13.7. The minimum absolute atomic E-state index is 0.0398. The average molecular weight is 324 g/mol. The van der Waals surface area contributed by atoms with Crippen LogP contribution in [0.25, 0.3) is 0 Å². The first-order valence-electron chi connectivity index (χ1n) is 8.12. The van der Waals surface area contributed by atoms with E-state index >= 15 is 0 Å². The lowest BCUT2D eigenvalue weighted by Gasteiger charge is -2.18. The molecule has 5 heteroatoms. The number of carbonyl (C=O) groups is 1. The molecule has 1 aliphatic heterocycles. The van der Waals surface area contributed by atoms with Crippen LogP contribution in [0.2, 0.25) is 0 Å². The number of rotatable bonds is 8. The molecule has 1 heterocycles. The predicted molar refractivity (Wildman–Crippen MR) is 93.3 cm³/mol. The van der Waals surface area contributed by atoms with Crippen LogP contribution in [0.1, 0.15) is 39.0 Å². The van der Waals surface area contributed by atoms with Crippen LogP contribution in [0.15, 0.2) is 18.2 Å². The lowest BCUT2D eigenvalue weighted by atomic mass is 10.2. The van der Waals surface area contributed by atoms with Gasteiger partial charge in [0, 0.05) is 36.6 Å². The molecule has 1 aromatic carbocycles. The molecule has 122 valence electrons. The van der Waals surface area contributed by atoms with E-state index in [1.165, 1.54) is 18.9 Å². The topological polar surface area (TPSA) is 32.3 Å². The third-order valence-electron chi connectivity index (χ3n) is 3.75. The van der Waals surface area contributed by atoms with Gasteiger partial charge in [0.25, 0.3) is 0 Å². The summed E-state index contributed by atoms with van der Waals surface area (Å²) in [6.45, 7) is 4.09. The Bertz CT molecular complexity index is 490. The Labute approximate surface area is 136 Å². The Morgan fingerprint density at radius 1 is 1.27 bits per heavy atom. The van der Waals surface area contributed by atoms with Crippen molar-refractivity contribution in [3.63, 3.8) is 0 Å². The van der Waals surface area contributed by atoms with E-state index in [0.717, 1.165) is 43.1 Å². The van der Waals surface area contributed by atoms with Crippen molar-refractivity contribution in [3.05, 3.63) is 24.0 Å². The maximum atomic E-state index is 13.7. The molecule has 0 spiro atoms. The van der Waals surface area contributed by atoms with Crippen LogP contribution in [0.4, 0.5) is 15.8 Å². The minimum atomic E-state index is -0.294. The van der Waals surface area contributed by atoms with Gasteiger partial charge in [0.1, 0.15) is 5.82 Å². The number of unbranched alkanes of at least 4 members (excludes halogenated alkanes) is 1. The molecule has 1 saturated heterocycles. The number of benzene rings is 1. The zero-order valence-corrected chi connectivity index (χ0v) is 14.1. The molecule has 1 aromatic rings. The Balaban J connectivity index is 1.84. The van der Waals surface area contributed by atoms with E-state index in [0.29, 0.717) is 12.1 Å². The van der Waals surface area contributed by atoms with Crippen molar-refractivity contribution in [2.24, 2.45) is 0 Å². The summed E-state index contributed by atoms with van der Waals surface area (Å²) in [5.74, 6) is 1.59. The average Bonchev–Trinajstić information content (AvgIpc) is 3.00. The number of amides is 1. The SMILES string of the molecule is CCCCSCCC(=O)Nc1cc(F)cc(N2CCCC2)c1. The maximum absolute atomic E-state index is 13.7. The van der Waals surface area contributed by atoms with Crippen LogP contribution < -0.4 is 10.2 Å². The molecular formula is C17H25FN2OS. The molecule has 22 heavy (non-hydrogen) atoms. The fourth-order valence-corrected chi connectivity index (χ4v) is 3.57. The Hall–Kier alpha value is -1.23. The van der Waals surface area contributed by atoms with Gasteiger partial charge in [0.2, 0.25) is 5.91 Å². The Morgan fingerprint density at radius 3 is 2.77 bits per heavy atom. The summed E-state index contributed by atoms with van der Waals surface area (Å²) in [5.41, 5.74) is 1.43. The van der Waals surface area contributed by atoms with E-state index in [1.54, 1.807) is 17.8 Å². The second-order valence-corrected chi connectivity index (χ2v) is 6.88. The van der Waals surface area contributed by atoms with E-state index in [1.807, 2.05) is 6.07 Å². The van der Waals surface area contributed by atoms with Gasteiger partial charge in [0.05, 0.1) is 0 Å². The Morgan fingerprint density at radius 2 is 2.05 bits per heavy atom. The highest BCUT2D eigenvalue weighted by Gasteiger charge is 2.14. The molecule has 0 unspecified atom stereocenters. The molecule has 3 nitrogen and oxygen atoms in total. The van der Waals surface area contributed by atoms with Gasteiger partial charge in [-0.1, -0.05) is 13.3 Å². The monoisotopic (exact) mass is 324 g/mol. The van der Waals surface area contributed by atoms with Crippen molar-refractivity contribution in [1.29, 1.82) is 0 Å². The molecule has 0 bridgehead atoms. The molecule has 0 atom stereocenters. The van der Waals surface area contributed by atoms with Crippen LogP contribution in [0.3, 0.4) is 0 Å². The molecule has 1 aliphatic rings. The number of nitrogens with one attached hydrogen (secondary N) is 1. The highest BCUT2D eigenvalue weighted by Crippen LogP contribution is 2.25. The molecule has 1 amide bonds. The summed E-state index contributed by atoms with van der Waals surface area (Å²) in [4.78, 5) is 14.1. The third kappa shape index (κ3) is 5.52. The number of halogens is 1. The first-order valence-corrected chi connectivity index (χ1v) is 9.27. The van der Waals surface area contributed by atoms with Gasteiger partial charge in [-0.05, 0) is 43.2 Å². The lowest BCUT2D eigenvalue weighted by molar-refractivity contribution is -0.115. The van der Waals surface area contributed by atoms with Crippen molar-refractivity contribution in [2.75, 3.05) is 34.8 Å². The molecular weight excluding hydrogens is 299 g/mol. The van der Waals surface area contributed by atoms with Crippen molar-refractivity contribution in [1.82, 2.24) is 0 Å². The zero-order valence-electron chi connectivity index (χ0n) is 13.2. The summed E-state index contributed by atoms with van der Waals surface area (Å²) in [5, 5.41) is 2.82. The summed E-state index contributed by atoms with van der Waals surface area (Å²) in [7, 11) is 0. The van der Waals surface area contributed by atoms with E-state index in [4.69, 9.17) is 0 Å². The van der Waals surface area contributed by atoms with Gasteiger partial charge < -0.3 is 10.2 Å². The third-order valence-corrected chi connectivity index (χ3v) is 4.82. The van der Waals surface area contributed by atoms with Crippen molar-refractivity contribution in [3.8, 4) is 0 Å². The van der Waals surface area contributed by atoms with Crippen LogP contribution in [-0.4, -0.2) is 30.5 Å². The van der Waals surface area contributed by atoms with Crippen LogP contribution in [0, 0.1) is 5.82 Å². The number of hydrogen-bond donors (Lipinski definition) is 1. The molecule has 0 aromatic heterocycles. The molecule has 0 aliphatic carbocycles. The molecule has 0 saturated carbocycles. The first-order chi connectivity index (χ1) is 10.7. The van der Waals surface area contributed by atoms with Gasteiger partial charge in [-0.15, -0.1) is 0 Å². The lowest BCUT2D eigenvalue weighted by Crippen LogP contribution is -2.18. The standard InChI is InChI=1S/C17H25FN2OS/c1-2-3-9-22-10-6-17(21)19-15-11-14(18)12-16(13-15)20-7-4-5-8-20/h11-13H,2-10H2,1H3,(H,19,21). The van der Waals surface area contributed by atoms with Crippen molar-refractivity contribution < 1.29 is 9.18 Å². The highest BCUT2D eigenvalue weighted by atomic mass is 32.2. The van der Waals surface area contributed by atoms with E-state index < -0.39 is 0 Å². The van der Waals surface area contributed by atoms with Gasteiger partial charge in [-0.3, -0.25) is 4.79 Å². The Kier molecular flexibility index (Phi) is 7.03. The van der Waals surface area contributed by atoms with E-state index in [-0.39, 0.29) is 11.7 Å². The van der Waals surface area contributed by atoms with Crippen LogP contribution in [0.5, 0.6) is 0 Å². The summed E-state index contributed by atoms with van der Waals surface area (Å²) in [6, 6.07) is 4.81. The largest absolute Gasteiger partial charge is 0.371 e. The summed E-state index contributed by atoms with van der Waals surface area (Å²) in [6.07, 6.45) is 5.14. The number of thioether (sulfide) groups is 1. The summed E-state index contributed by atoms with van der Waals surface area (Å²) >= 11 is 1.80. The minimum Gasteiger partial charge on any atom is -0.371 e. The van der Waals surface area contributed by atoms with E-state index in [2.05, 4.69) is 17.1 Å². The smallest absolute Gasteiger partial charge is 0.225 e. The van der Waals surface area contributed by atoms with Gasteiger partial charge in [-0.25, -0.2) is 4.39 Å². The number of carbonyl (C=O) groups excluding carboxylic acids is 1. The number of anilines is 2. The van der Waals surface area contributed by atoms with Gasteiger partial charge in [-0.2, -0.15) is 11.8 Å². The number of nitrogens with zero attached hydrogens (tertiary/aromatic N) is 1. The predicted octanol–water partition coefficient (Wildman–Crippen LogP) is 4.29.